The Kier molecular flexibility index (Phi) is 6.77. The summed E-state index contributed by atoms with van der Waals surface area (Å²) in [5.41, 5.74) is 6.16. The van der Waals surface area contributed by atoms with Crippen molar-refractivity contribution in [3.05, 3.63) is 15.6 Å². The van der Waals surface area contributed by atoms with Crippen molar-refractivity contribution in [2.45, 2.75) is 52.6 Å². The van der Waals surface area contributed by atoms with Crippen molar-refractivity contribution in [1.29, 1.82) is 0 Å². The number of amides is 1. The summed E-state index contributed by atoms with van der Waals surface area (Å²) >= 11 is 1.10. The minimum absolute atomic E-state index is 0.0376. The van der Waals surface area contributed by atoms with Crippen LogP contribution in [0, 0.1) is 12.8 Å². The molecule has 0 saturated carbocycles. The van der Waals surface area contributed by atoms with Gasteiger partial charge in [-0.05, 0) is 26.7 Å². The molecule has 1 amide bonds. The first kappa shape index (κ1) is 17.6. The zero-order chi connectivity index (χ0) is 16.0. The molecular weight excluding hydrogens is 290 g/mol. The zero-order valence-electron chi connectivity index (χ0n) is 12.7. The van der Waals surface area contributed by atoms with Gasteiger partial charge in [0.05, 0.1) is 12.2 Å². The zero-order valence-corrected chi connectivity index (χ0v) is 13.5. The average molecular weight is 313 g/mol. The fourth-order valence-electron chi connectivity index (χ4n) is 1.94. The molecule has 0 aromatic carbocycles. The highest BCUT2D eigenvalue weighted by Gasteiger charge is 2.16. The first-order valence-corrected chi connectivity index (χ1v) is 7.85. The molecular formula is C14H23N3O3S. The molecule has 0 fully saturated rings. The van der Waals surface area contributed by atoms with Crippen LogP contribution in [0.3, 0.4) is 0 Å². The molecule has 6 nitrogen and oxygen atoms in total. The molecule has 0 bridgehead atoms. The van der Waals surface area contributed by atoms with Crippen LogP contribution >= 0.6 is 11.3 Å². The van der Waals surface area contributed by atoms with Gasteiger partial charge in [-0.15, -0.1) is 11.3 Å². The summed E-state index contributed by atoms with van der Waals surface area (Å²) in [5.74, 6) is -1.10. The molecule has 1 aromatic rings. The maximum absolute atomic E-state index is 11.9. The van der Waals surface area contributed by atoms with Gasteiger partial charge in [-0.1, -0.05) is 13.3 Å². The van der Waals surface area contributed by atoms with Crippen LogP contribution in [0.5, 0.6) is 0 Å². The third-order valence-corrected chi connectivity index (χ3v) is 4.34. The summed E-state index contributed by atoms with van der Waals surface area (Å²) in [7, 11) is 0. The maximum Gasteiger partial charge on any atom is 0.347 e. The van der Waals surface area contributed by atoms with Crippen molar-refractivity contribution < 1.29 is 14.7 Å². The quantitative estimate of drug-likeness (QED) is 0.680. The van der Waals surface area contributed by atoms with Crippen molar-refractivity contribution in [1.82, 2.24) is 10.3 Å². The Hall–Kier alpha value is -1.47. The molecule has 0 aliphatic heterocycles. The Bertz CT molecular complexity index is 500. The van der Waals surface area contributed by atoms with E-state index in [2.05, 4.69) is 10.3 Å². The third kappa shape index (κ3) is 5.81. The molecule has 1 rings (SSSR count). The summed E-state index contributed by atoms with van der Waals surface area (Å²) in [6.07, 6.45) is 2.63. The number of nitrogens with one attached hydrogen (secondary N) is 1. The van der Waals surface area contributed by atoms with Crippen molar-refractivity contribution in [2.24, 2.45) is 11.7 Å². The molecule has 2 atom stereocenters. The predicted octanol–water partition coefficient (Wildman–Crippen LogP) is 1.92. The highest BCUT2D eigenvalue weighted by atomic mass is 32.1. The smallest absolute Gasteiger partial charge is 0.347 e. The van der Waals surface area contributed by atoms with Crippen LogP contribution in [0.4, 0.5) is 0 Å². The normalized spacial score (nSPS) is 13.7. The SMILES string of the molecule is Cc1nc(CNC(=O)C(C)CCCC(C)N)sc1C(=O)O. The van der Waals surface area contributed by atoms with E-state index < -0.39 is 5.97 Å². The van der Waals surface area contributed by atoms with E-state index in [0.29, 0.717) is 10.7 Å². The van der Waals surface area contributed by atoms with Gasteiger partial charge in [0.1, 0.15) is 9.88 Å². The van der Waals surface area contributed by atoms with Crippen LogP contribution in [0.15, 0.2) is 0 Å². The fourth-order valence-corrected chi connectivity index (χ4v) is 2.78. The number of hydrogen-bond acceptors (Lipinski definition) is 5. The van der Waals surface area contributed by atoms with Crippen LogP contribution in [0.2, 0.25) is 0 Å². The van der Waals surface area contributed by atoms with Gasteiger partial charge in [-0.3, -0.25) is 4.79 Å². The Morgan fingerprint density at radius 3 is 2.57 bits per heavy atom. The van der Waals surface area contributed by atoms with Gasteiger partial charge < -0.3 is 16.2 Å². The first-order chi connectivity index (χ1) is 9.81. The van der Waals surface area contributed by atoms with Gasteiger partial charge in [0.15, 0.2) is 0 Å². The van der Waals surface area contributed by atoms with E-state index in [0.717, 1.165) is 30.6 Å². The summed E-state index contributed by atoms with van der Waals surface area (Å²) in [6, 6.07) is 0.160. The van der Waals surface area contributed by atoms with E-state index in [1.807, 2.05) is 13.8 Å². The monoisotopic (exact) mass is 313 g/mol. The van der Waals surface area contributed by atoms with Gasteiger partial charge in [-0.2, -0.15) is 0 Å². The molecule has 1 heterocycles. The second-order valence-corrected chi connectivity index (χ2v) is 6.44. The number of rotatable bonds is 8. The lowest BCUT2D eigenvalue weighted by molar-refractivity contribution is -0.124. The van der Waals surface area contributed by atoms with Gasteiger partial charge in [-0.25, -0.2) is 9.78 Å². The molecule has 21 heavy (non-hydrogen) atoms. The van der Waals surface area contributed by atoms with Gasteiger partial charge in [0, 0.05) is 12.0 Å². The number of thiazole rings is 1. The molecule has 2 unspecified atom stereocenters. The van der Waals surface area contributed by atoms with Gasteiger partial charge in [0.2, 0.25) is 5.91 Å². The number of carbonyl (C=O) groups is 2. The van der Waals surface area contributed by atoms with Crippen LogP contribution in [-0.2, 0) is 11.3 Å². The average Bonchev–Trinajstić information content (AvgIpc) is 2.76. The third-order valence-electron chi connectivity index (χ3n) is 3.19. The minimum Gasteiger partial charge on any atom is -0.477 e. The van der Waals surface area contributed by atoms with Crippen molar-refractivity contribution in [3.8, 4) is 0 Å². The van der Waals surface area contributed by atoms with Crippen molar-refractivity contribution >= 4 is 23.2 Å². The summed E-state index contributed by atoms with van der Waals surface area (Å²) in [4.78, 5) is 27.2. The van der Waals surface area contributed by atoms with E-state index >= 15 is 0 Å². The van der Waals surface area contributed by atoms with Gasteiger partial charge in [0.25, 0.3) is 0 Å². The minimum atomic E-state index is -0.980. The molecule has 4 N–H and O–H groups in total. The van der Waals surface area contributed by atoms with Crippen molar-refractivity contribution in [2.75, 3.05) is 0 Å². The van der Waals surface area contributed by atoms with E-state index in [1.165, 1.54) is 0 Å². The number of carbonyl (C=O) groups excluding carboxylic acids is 1. The molecule has 118 valence electrons. The maximum atomic E-state index is 11.9. The summed E-state index contributed by atoms with van der Waals surface area (Å²) in [5, 5.41) is 12.4. The lowest BCUT2D eigenvalue weighted by Gasteiger charge is -2.12. The number of aromatic nitrogens is 1. The molecule has 1 aromatic heterocycles. The number of aromatic carboxylic acids is 1. The van der Waals surface area contributed by atoms with E-state index in [9.17, 15) is 9.59 Å². The topological polar surface area (TPSA) is 105 Å². The molecule has 7 heteroatoms. The highest BCUT2D eigenvalue weighted by molar-refractivity contribution is 7.13. The standard InChI is InChI=1S/C14H23N3O3S/c1-8(5-4-6-9(2)15)13(18)16-7-11-17-10(3)12(21-11)14(19)20/h8-9H,4-7,15H2,1-3H3,(H,16,18)(H,19,20). The number of nitrogens with two attached hydrogens (primary N) is 1. The number of carboxylic acid groups (broad SMARTS) is 1. The highest BCUT2D eigenvalue weighted by Crippen LogP contribution is 2.18. The number of hydrogen-bond donors (Lipinski definition) is 3. The molecule has 0 radical (unpaired) electrons. The summed E-state index contributed by atoms with van der Waals surface area (Å²) < 4.78 is 0. The van der Waals surface area contributed by atoms with E-state index in [-0.39, 0.29) is 29.3 Å². The van der Waals surface area contributed by atoms with Crippen LogP contribution in [-0.4, -0.2) is 28.0 Å². The fraction of sp³-hybridized carbons (Fsp3) is 0.643. The lowest BCUT2D eigenvalue weighted by atomic mass is 10.0. The number of nitrogens with zero attached hydrogens (tertiary/aromatic N) is 1. The van der Waals surface area contributed by atoms with Crippen LogP contribution < -0.4 is 11.1 Å². The van der Waals surface area contributed by atoms with Crippen molar-refractivity contribution in [3.63, 3.8) is 0 Å². The molecule has 0 aliphatic carbocycles. The Labute approximate surface area is 128 Å². The number of aryl methyl sites for hydroxylation is 1. The Balaban J connectivity index is 2.42. The molecule has 0 saturated heterocycles. The molecule has 0 aliphatic rings. The number of carboxylic acids is 1. The van der Waals surface area contributed by atoms with E-state index in [1.54, 1.807) is 6.92 Å². The largest absolute Gasteiger partial charge is 0.477 e. The van der Waals surface area contributed by atoms with Crippen LogP contribution in [0.25, 0.3) is 0 Å². The Morgan fingerprint density at radius 2 is 2.05 bits per heavy atom. The van der Waals surface area contributed by atoms with Crippen LogP contribution in [0.1, 0.15) is 53.5 Å². The molecule has 0 spiro atoms. The first-order valence-electron chi connectivity index (χ1n) is 7.04. The second kappa shape index (κ2) is 8.09. The summed E-state index contributed by atoms with van der Waals surface area (Å²) in [6.45, 7) is 5.76. The lowest BCUT2D eigenvalue weighted by Crippen LogP contribution is -2.29. The second-order valence-electron chi connectivity index (χ2n) is 5.35. The van der Waals surface area contributed by atoms with Gasteiger partial charge >= 0.3 is 5.97 Å². The predicted molar refractivity (Wildman–Crippen MR) is 82.3 cm³/mol. The Morgan fingerprint density at radius 1 is 1.38 bits per heavy atom. The van der Waals surface area contributed by atoms with E-state index in [4.69, 9.17) is 10.8 Å².